The molecule has 1 aliphatic carbocycles. The largest absolute Gasteiger partial charge is 0.273 e. The minimum absolute atomic E-state index is 0.0994. The van der Waals surface area contributed by atoms with Crippen LogP contribution in [-0.2, 0) is 16.1 Å². The SMILES string of the molecule is C[C@@H]1C=CC[C@@H]2C(=O)N(N(Cc3ccc(Cl)c(Cl)c3)C(=O)c3ccc([N+](=O)[O-])cc3)C(=O)[C@H]12. The normalized spacial score (nSPS) is 21.8. The third kappa shape index (κ3) is 4.24. The van der Waals surface area contributed by atoms with Crippen LogP contribution in [0.5, 0.6) is 0 Å². The van der Waals surface area contributed by atoms with E-state index in [9.17, 15) is 24.5 Å². The van der Waals surface area contributed by atoms with Gasteiger partial charge in [0.1, 0.15) is 0 Å². The number of hydrogen-bond acceptors (Lipinski definition) is 5. The fraction of sp³-hybridized carbons (Fsp3) is 0.261. The molecule has 1 fully saturated rings. The molecule has 3 amide bonds. The summed E-state index contributed by atoms with van der Waals surface area (Å²) in [7, 11) is 0. The predicted molar refractivity (Wildman–Crippen MR) is 121 cm³/mol. The lowest BCUT2D eigenvalue weighted by Crippen LogP contribution is -2.50. The highest BCUT2D eigenvalue weighted by molar-refractivity contribution is 6.42. The van der Waals surface area contributed by atoms with Crippen LogP contribution in [-0.4, -0.2) is 32.7 Å². The molecule has 2 aromatic rings. The van der Waals surface area contributed by atoms with Crippen LogP contribution in [0.15, 0.2) is 54.6 Å². The lowest BCUT2D eigenvalue weighted by atomic mass is 9.78. The lowest BCUT2D eigenvalue weighted by Gasteiger charge is -2.31. The smallest absolute Gasteiger partial charge is 0.272 e. The number of nitro benzene ring substituents is 1. The van der Waals surface area contributed by atoms with Crippen molar-refractivity contribution < 1.29 is 19.3 Å². The summed E-state index contributed by atoms with van der Waals surface area (Å²) < 4.78 is 0. The molecule has 0 saturated carbocycles. The van der Waals surface area contributed by atoms with Gasteiger partial charge in [-0.2, -0.15) is 5.01 Å². The Balaban J connectivity index is 1.73. The Morgan fingerprint density at radius 1 is 1.12 bits per heavy atom. The van der Waals surface area contributed by atoms with Gasteiger partial charge >= 0.3 is 0 Å². The minimum atomic E-state index is -0.642. The first-order chi connectivity index (χ1) is 15.7. The number of hydrazine groups is 1. The van der Waals surface area contributed by atoms with Crippen LogP contribution in [0.4, 0.5) is 5.69 Å². The number of amides is 3. The summed E-state index contributed by atoms with van der Waals surface area (Å²) in [5.41, 5.74) is 0.477. The van der Waals surface area contributed by atoms with Crippen molar-refractivity contribution >= 4 is 46.6 Å². The van der Waals surface area contributed by atoms with E-state index in [0.717, 1.165) is 10.0 Å². The number of rotatable bonds is 5. The van der Waals surface area contributed by atoms with Crippen molar-refractivity contribution in [1.82, 2.24) is 10.0 Å². The van der Waals surface area contributed by atoms with Gasteiger partial charge in [0.15, 0.2) is 0 Å². The maximum absolute atomic E-state index is 13.5. The van der Waals surface area contributed by atoms with E-state index in [2.05, 4.69) is 0 Å². The predicted octanol–water partition coefficient (Wildman–Crippen LogP) is 4.66. The molecule has 1 saturated heterocycles. The van der Waals surface area contributed by atoms with Gasteiger partial charge < -0.3 is 0 Å². The molecule has 2 aliphatic rings. The van der Waals surface area contributed by atoms with Crippen LogP contribution in [0.2, 0.25) is 10.0 Å². The van der Waals surface area contributed by atoms with Crippen molar-refractivity contribution in [2.75, 3.05) is 0 Å². The Kier molecular flexibility index (Phi) is 6.23. The topological polar surface area (TPSA) is 101 Å². The molecule has 33 heavy (non-hydrogen) atoms. The third-order valence-corrected chi connectivity index (χ3v) is 6.71. The summed E-state index contributed by atoms with van der Waals surface area (Å²) in [6.45, 7) is 1.74. The molecular weight excluding hydrogens is 469 g/mol. The summed E-state index contributed by atoms with van der Waals surface area (Å²) in [5.74, 6) is -2.78. The van der Waals surface area contributed by atoms with Gasteiger partial charge in [-0.1, -0.05) is 48.3 Å². The molecule has 2 aromatic carbocycles. The van der Waals surface area contributed by atoms with Crippen molar-refractivity contribution in [2.24, 2.45) is 17.8 Å². The third-order valence-electron chi connectivity index (χ3n) is 5.97. The molecule has 3 atom stereocenters. The maximum atomic E-state index is 13.5. The number of fused-ring (bicyclic) bond motifs is 1. The van der Waals surface area contributed by atoms with Gasteiger partial charge in [-0.25, -0.2) is 5.01 Å². The number of allylic oxidation sites excluding steroid dienone is 2. The molecule has 0 radical (unpaired) electrons. The highest BCUT2D eigenvalue weighted by Gasteiger charge is 2.53. The number of non-ortho nitro benzene ring substituents is 1. The summed E-state index contributed by atoms with van der Waals surface area (Å²) in [5, 5.41) is 13.6. The Labute approximate surface area is 199 Å². The highest BCUT2D eigenvalue weighted by Crippen LogP contribution is 2.39. The molecular formula is C23H19Cl2N3O5. The van der Waals surface area contributed by atoms with E-state index in [-0.39, 0.29) is 28.7 Å². The molecule has 10 heteroatoms. The summed E-state index contributed by atoms with van der Waals surface area (Å²) in [4.78, 5) is 50.5. The monoisotopic (exact) mass is 487 g/mol. The second-order valence-corrected chi connectivity index (χ2v) is 8.87. The molecule has 170 valence electrons. The fourth-order valence-corrected chi connectivity index (χ4v) is 4.61. The van der Waals surface area contributed by atoms with E-state index >= 15 is 0 Å². The number of nitrogens with zero attached hydrogens (tertiary/aromatic N) is 3. The van der Waals surface area contributed by atoms with E-state index in [1.54, 1.807) is 18.2 Å². The lowest BCUT2D eigenvalue weighted by molar-refractivity contribution is -0.384. The van der Waals surface area contributed by atoms with Gasteiger partial charge in [-0.3, -0.25) is 24.5 Å². The Morgan fingerprint density at radius 3 is 2.42 bits per heavy atom. The van der Waals surface area contributed by atoms with Crippen LogP contribution < -0.4 is 0 Å². The molecule has 0 N–H and O–H groups in total. The molecule has 1 aliphatic heterocycles. The van der Waals surface area contributed by atoms with Gasteiger partial charge in [-0.05, 0) is 42.2 Å². The maximum Gasteiger partial charge on any atom is 0.273 e. The zero-order valence-electron chi connectivity index (χ0n) is 17.5. The Bertz CT molecular complexity index is 1180. The molecule has 0 spiro atoms. The van der Waals surface area contributed by atoms with Crippen LogP contribution in [0.25, 0.3) is 0 Å². The zero-order chi connectivity index (χ0) is 23.9. The van der Waals surface area contributed by atoms with Crippen molar-refractivity contribution in [3.8, 4) is 0 Å². The van der Waals surface area contributed by atoms with Gasteiger partial charge in [-0.15, -0.1) is 0 Å². The van der Waals surface area contributed by atoms with Crippen LogP contribution in [0.1, 0.15) is 29.3 Å². The van der Waals surface area contributed by atoms with Crippen molar-refractivity contribution in [3.63, 3.8) is 0 Å². The fourth-order valence-electron chi connectivity index (χ4n) is 4.29. The van der Waals surface area contributed by atoms with E-state index < -0.39 is 34.5 Å². The van der Waals surface area contributed by atoms with Crippen molar-refractivity contribution in [1.29, 1.82) is 0 Å². The first-order valence-corrected chi connectivity index (χ1v) is 11.0. The minimum Gasteiger partial charge on any atom is -0.272 e. The van der Waals surface area contributed by atoms with E-state index in [1.165, 1.54) is 24.3 Å². The van der Waals surface area contributed by atoms with Crippen molar-refractivity contribution in [3.05, 3.63) is 85.9 Å². The standard InChI is InChI=1S/C23H19Cl2N3O5/c1-13-3-2-4-17-20(13)23(31)27(22(17)30)26(12-14-5-10-18(24)19(25)11-14)21(29)15-6-8-16(9-7-15)28(32)33/h2-3,5-11,13,17,20H,4,12H2,1H3/t13-,17+,20-/m1/s1. The van der Waals surface area contributed by atoms with Crippen LogP contribution >= 0.6 is 23.2 Å². The summed E-state index contributed by atoms with van der Waals surface area (Å²) >= 11 is 12.1. The number of hydrogen-bond donors (Lipinski definition) is 0. The van der Waals surface area contributed by atoms with E-state index in [4.69, 9.17) is 23.2 Å². The number of carbonyl (C=O) groups is 3. The quantitative estimate of drug-likeness (QED) is 0.264. The Hall–Kier alpha value is -3.23. The van der Waals surface area contributed by atoms with Gasteiger partial charge in [0.05, 0.1) is 33.3 Å². The second kappa shape index (κ2) is 8.96. The number of carbonyl (C=O) groups excluding carboxylic acids is 3. The molecule has 0 unspecified atom stereocenters. The molecule has 4 rings (SSSR count). The average molecular weight is 488 g/mol. The number of halogens is 2. The second-order valence-electron chi connectivity index (χ2n) is 8.06. The molecule has 0 bridgehead atoms. The first kappa shape index (κ1) is 22.9. The molecule has 8 nitrogen and oxygen atoms in total. The van der Waals surface area contributed by atoms with E-state index in [0.29, 0.717) is 17.0 Å². The van der Waals surface area contributed by atoms with Gasteiger partial charge in [0, 0.05) is 17.7 Å². The van der Waals surface area contributed by atoms with E-state index in [1.807, 2.05) is 19.1 Å². The average Bonchev–Trinajstić information content (AvgIpc) is 3.05. The number of nitro groups is 1. The van der Waals surface area contributed by atoms with Crippen LogP contribution in [0, 0.1) is 27.9 Å². The number of imide groups is 1. The van der Waals surface area contributed by atoms with Crippen molar-refractivity contribution in [2.45, 2.75) is 19.9 Å². The molecule has 1 heterocycles. The zero-order valence-corrected chi connectivity index (χ0v) is 19.0. The summed E-state index contributed by atoms with van der Waals surface area (Å²) in [6, 6.07) is 9.76. The molecule has 0 aromatic heterocycles. The Morgan fingerprint density at radius 2 is 1.82 bits per heavy atom. The van der Waals surface area contributed by atoms with Crippen LogP contribution in [0.3, 0.4) is 0 Å². The van der Waals surface area contributed by atoms with Gasteiger partial charge in [0.25, 0.3) is 23.4 Å². The first-order valence-electron chi connectivity index (χ1n) is 10.2. The highest BCUT2D eigenvalue weighted by atomic mass is 35.5. The van der Waals surface area contributed by atoms with Gasteiger partial charge in [0.2, 0.25) is 0 Å². The number of benzene rings is 2. The summed E-state index contributed by atoms with van der Waals surface area (Å²) in [6.07, 6.45) is 4.20.